The molecule has 0 radical (unpaired) electrons. The molecule has 2 aromatic heterocycles. The van der Waals surface area contributed by atoms with Crippen molar-refractivity contribution in [2.75, 3.05) is 18.4 Å². The second-order valence-corrected chi connectivity index (χ2v) is 8.40. The smallest absolute Gasteiger partial charge is 0.323 e. The average molecular weight is 388 g/mol. The van der Waals surface area contributed by atoms with E-state index in [0.29, 0.717) is 25.5 Å². The summed E-state index contributed by atoms with van der Waals surface area (Å²) in [6.07, 6.45) is 4.40. The Morgan fingerprint density at radius 3 is 2.81 bits per heavy atom. The van der Waals surface area contributed by atoms with E-state index in [-0.39, 0.29) is 23.4 Å². The summed E-state index contributed by atoms with van der Waals surface area (Å²) in [6.45, 7) is 5.57. The van der Waals surface area contributed by atoms with E-state index >= 15 is 0 Å². The van der Waals surface area contributed by atoms with E-state index in [9.17, 15) is 9.59 Å². The first-order valence-corrected chi connectivity index (χ1v) is 10.2. The van der Waals surface area contributed by atoms with Gasteiger partial charge < -0.3 is 14.3 Å². The molecular weight excluding hydrogens is 364 g/mol. The van der Waals surface area contributed by atoms with Crippen LogP contribution in [0.15, 0.2) is 27.6 Å². The maximum Gasteiger partial charge on any atom is 0.323 e. The minimum atomic E-state index is -0.138. The van der Waals surface area contributed by atoms with Crippen LogP contribution in [-0.2, 0) is 11.3 Å². The second kappa shape index (κ2) is 6.99. The fourth-order valence-corrected chi connectivity index (χ4v) is 4.73. The summed E-state index contributed by atoms with van der Waals surface area (Å²) in [5.41, 5.74) is 2.17. The minimum absolute atomic E-state index is 0.129. The van der Waals surface area contributed by atoms with Crippen molar-refractivity contribution in [3.05, 3.63) is 34.2 Å². The van der Waals surface area contributed by atoms with Gasteiger partial charge in [-0.2, -0.15) is 11.3 Å². The zero-order valence-electron chi connectivity index (χ0n) is 15.6. The van der Waals surface area contributed by atoms with Crippen LogP contribution in [0.5, 0.6) is 0 Å². The average Bonchev–Trinajstić information content (AvgIpc) is 3.00. The highest BCUT2D eigenvalue weighted by Crippen LogP contribution is 2.57. The lowest BCUT2D eigenvalue weighted by Gasteiger charge is -2.34. The van der Waals surface area contributed by atoms with Crippen molar-refractivity contribution in [1.29, 1.82) is 0 Å². The van der Waals surface area contributed by atoms with Gasteiger partial charge in [0.15, 0.2) is 5.82 Å². The Labute approximate surface area is 162 Å². The van der Waals surface area contributed by atoms with Gasteiger partial charge in [0.2, 0.25) is 5.91 Å². The van der Waals surface area contributed by atoms with Crippen molar-refractivity contribution in [3.8, 4) is 0 Å². The van der Waals surface area contributed by atoms with Crippen molar-refractivity contribution in [2.24, 2.45) is 5.41 Å². The van der Waals surface area contributed by atoms with E-state index in [1.165, 1.54) is 11.8 Å². The summed E-state index contributed by atoms with van der Waals surface area (Å²) in [7, 11) is 0. The molecule has 1 atom stereocenters. The lowest BCUT2D eigenvalue weighted by atomic mass is 9.92. The van der Waals surface area contributed by atoms with Crippen molar-refractivity contribution in [1.82, 2.24) is 15.0 Å². The summed E-state index contributed by atoms with van der Waals surface area (Å²) in [5.74, 6) is 0.604. The monoisotopic (exact) mass is 388 g/mol. The van der Waals surface area contributed by atoms with Crippen molar-refractivity contribution < 1.29 is 14.1 Å². The molecule has 3 amide bonds. The summed E-state index contributed by atoms with van der Waals surface area (Å²) in [4.78, 5) is 28.5. The third-order valence-corrected chi connectivity index (χ3v) is 6.61. The molecule has 4 rings (SSSR count). The molecule has 1 unspecified atom stereocenters. The van der Waals surface area contributed by atoms with Crippen LogP contribution in [0, 0.1) is 12.3 Å². The molecule has 0 bridgehead atoms. The number of urea groups is 1. The number of likely N-dealkylation sites (tertiary alicyclic amines) is 1. The minimum Gasteiger partial charge on any atom is -0.362 e. The number of thiophene rings is 1. The Hall–Kier alpha value is -2.35. The van der Waals surface area contributed by atoms with Gasteiger partial charge in [-0.05, 0) is 54.0 Å². The zero-order valence-corrected chi connectivity index (χ0v) is 16.4. The van der Waals surface area contributed by atoms with E-state index in [2.05, 4.69) is 21.9 Å². The highest BCUT2D eigenvalue weighted by atomic mass is 32.1. The maximum absolute atomic E-state index is 12.5. The van der Waals surface area contributed by atoms with Crippen LogP contribution < -0.4 is 5.32 Å². The van der Waals surface area contributed by atoms with Crippen molar-refractivity contribution in [2.45, 2.75) is 45.7 Å². The zero-order chi connectivity index (χ0) is 19.0. The lowest BCUT2D eigenvalue weighted by Crippen LogP contribution is -2.44. The summed E-state index contributed by atoms with van der Waals surface area (Å²) in [5, 5.41) is 10.8. The molecular formula is C19H24N4O3S. The summed E-state index contributed by atoms with van der Waals surface area (Å²) >= 11 is 1.66. The number of nitrogens with one attached hydrogen (secondary N) is 1. The number of carbonyl (C=O) groups excluding carboxylic acids is 2. The van der Waals surface area contributed by atoms with Gasteiger partial charge in [0.05, 0.1) is 0 Å². The van der Waals surface area contributed by atoms with Gasteiger partial charge in [-0.1, -0.05) is 5.16 Å². The predicted molar refractivity (Wildman–Crippen MR) is 102 cm³/mol. The van der Waals surface area contributed by atoms with Gasteiger partial charge in [0.25, 0.3) is 0 Å². The first-order chi connectivity index (χ1) is 13.0. The van der Waals surface area contributed by atoms with Crippen LogP contribution in [0.2, 0.25) is 0 Å². The molecule has 1 saturated heterocycles. The van der Waals surface area contributed by atoms with E-state index in [0.717, 1.165) is 24.8 Å². The van der Waals surface area contributed by atoms with E-state index in [1.54, 1.807) is 18.3 Å². The molecule has 7 nitrogen and oxygen atoms in total. The summed E-state index contributed by atoms with van der Waals surface area (Å²) in [6, 6.07) is 2.23. The lowest BCUT2D eigenvalue weighted by molar-refractivity contribution is -0.130. The Morgan fingerprint density at radius 1 is 1.44 bits per heavy atom. The van der Waals surface area contributed by atoms with Crippen LogP contribution in [0.3, 0.4) is 0 Å². The Kier molecular flexibility index (Phi) is 4.67. The number of anilines is 1. The molecule has 144 valence electrons. The van der Waals surface area contributed by atoms with Crippen LogP contribution in [-0.4, -0.2) is 46.0 Å². The van der Waals surface area contributed by atoms with Crippen LogP contribution in [0.4, 0.5) is 10.6 Å². The first kappa shape index (κ1) is 18.0. The highest BCUT2D eigenvalue weighted by molar-refractivity contribution is 7.07. The highest BCUT2D eigenvalue weighted by Gasteiger charge is 2.58. The van der Waals surface area contributed by atoms with Crippen LogP contribution >= 0.6 is 11.3 Å². The van der Waals surface area contributed by atoms with Gasteiger partial charge in [-0.15, -0.1) is 0 Å². The van der Waals surface area contributed by atoms with E-state index in [4.69, 9.17) is 4.52 Å². The normalized spacial score (nSPS) is 20.5. The molecule has 2 aromatic rings. The summed E-state index contributed by atoms with van der Waals surface area (Å²) < 4.78 is 4.86. The molecule has 0 aromatic carbocycles. The number of aromatic nitrogens is 1. The quantitative estimate of drug-likeness (QED) is 0.870. The fraction of sp³-hybridized carbons (Fsp3) is 0.526. The second-order valence-electron chi connectivity index (χ2n) is 7.62. The van der Waals surface area contributed by atoms with Gasteiger partial charge in [0, 0.05) is 38.2 Å². The number of hydrogen-bond acceptors (Lipinski definition) is 5. The third-order valence-electron chi connectivity index (χ3n) is 5.88. The number of amides is 3. The molecule has 8 heteroatoms. The number of carbonyl (C=O) groups is 2. The number of aryl methyl sites for hydroxylation is 1. The molecule has 27 heavy (non-hydrogen) atoms. The molecule has 2 fully saturated rings. The molecule has 1 saturated carbocycles. The van der Waals surface area contributed by atoms with Crippen LogP contribution in [0.25, 0.3) is 0 Å². The van der Waals surface area contributed by atoms with Crippen molar-refractivity contribution in [3.63, 3.8) is 0 Å². The molecule has 1 spiro atoms. The topological polar surface area (TPSA) is 78.7 Å². The molecule has 1 aliphatic carbocycles. The van der Waals surface area contributed by atoms with E-state index in [1.807, 2.05) is 22.1 Å². The number of hydrogen-bond donors (Lipinski definition) is 1. The molecule has 1 N–H and O–H groups in total. The predicted octanol–water partition coefficient (Wildman–Crippen LogP) is 3.48. The van der Waals surface area contributed by atoms with Gasteiger partial charge in [-0.25, -0.2) is 4.79 Å². The largest absolute Gasteiger partial charge is 0.362 e. The van der Waals surface area contributed by atoms with Gasteiger partial charge in [0.1, 0.15) is 6.26 Å². The molecule has 1 aliphatic heterocycles. The Morgan fingerprint density at radius 2 is 2.22 bits per heavy atom. The Bertz CT molecular complexity index is 824. The molecule has 2 aliphatic rings. The van der Waals surface area contributed by atoms with Gasteiger partial charge in [-0.3, -0.25) is 10.1 Å². The van der Waals surface area contributed by atoms with Crippen molar-refractivity contribution >= 4 is 29.1 Å². The Balaban J connectivity index is 1.34. The number of rotatable bonds is 4. The molecule has 3 heterocycles. The number of piperidine rings is 1. The maximum atomic E-state index is 12.5. The van der Waals surface area contributed by atoms with Crippen LogP contribution in [0.1, 0.15) is 37.3 Å². The van der Waals surface area contributed by atoms with Gasteiger partial charge >= 0.3 is 6.03 Å². The first-order valence-electron chi connectivity index (χ1n) is 9.24. The number of nitrogens with zero attached hydrogens (tertiary/aromatic N) is 3. The SMILES string of the molecule is CC(=O)N(Cc1ccsc1)C1CC12CCN(C(=O)Nc1nocc1C)CC2. The van der Waals surface area contributed by atoms with E-state index < -0.39 is 0 Å². The fourth-order valence-electron chi connectivity index (χ4n) is 4.07. The standard InChI is InChI=1S/C19H24N4O3S/c1-13-11-26-21-17(13)20-18(25)22-6-4-19(5-7-22)9-16(19)23(14(2)24)10-15-3-8-27-12-15/h3,8,11-12,16H,4-7,9-10H2,1-2H3,(H,20,21,25). The third kappa shape index (κ3) is 3.58.